The summed E-state index contributed by atoms with van der Waals surface area (Å²) in [6, 6.07) is 5.54. The normalized spacial score (nSPS) is 23.9. The van der Waals surface area contributed by atoms with Crippen LogP contribution in [0.5, 0.6) is 0 Å². The number of fused-ring (bicyclic) bond motifs is 1. The van der Waals surface area contributed by atoms with Gasteiger partial charge in [0, 0.05) is 18.7 Å². The molecule has 7 heteroatoms. The number of H-pyrrole nitrogens is 1. The highest BCUT2D eigenvalue weighted by molar-refractivity contribution is 6.43. The maximum atomic E-state index is 6.38. The predicted molar refractivity (Wildman–Crippen MR) is 119 cm³/mol. The van der Waals surface area contributed by atoms with Crippen molar-refractivity contribution in [2.75, 3.05) is 18.0 Å². The number of aromatic amines is 1. The van der Waals surface area contributed by atoms with Crippen LogP contribution in [0.3, 0.4) is 0 Å². The van der Waals surface area contributed by atoms with E-state index in [4.69, 9.17) is 28.2 Å². The van der Waals surface area contributed by atoms with Gasteiger partial charge in [-0.15, -0.1) is 0 Å². The van der Waals surface area contributed by atoms with Crippen LogP contribution in [0.4, 0.5) is 5.82 Å². The Morgan fingerprint density at radius 1 is 1.14 bits per heavy atom. The summed E-state index contributed by atoms with van der Waals surface area (Å²) in [5.41, 5.74) is 3.38. The third kappa shape index (κ3) is 3.10. The summed E-state index contributed by atoms with van der Waals surface area (Å²) in [6.45, 7) is 6.93. The lowest BCUT2D eigenvalue weighted by Gasteiger charge is -2.43. The van der Waals surface area contributed by atoms with Crippen LogP contribution in [-0.4, -0.2) is 33.3 Å². The van der Waals surface area contributed by atoms with Gasteiger partial charge >= 0.3 is 0 Å². The van der Waals surface area contributed by atoms with Gasteiger partial charge in [-0.05, 0) is 49.0 Å². The average Bonchev–Trinajstić information content (AvgIpc) is 3.27. The van der Waals surface area contributed by atoms with E-state index in [0.29, 0.717) is 26.6 Å². The average molecular weight is 430 g/mol. The number of piperidine rings is 1. The number of benzene rings is 1. The van der Waals surface area contributed by atoms with Crippen LogP contribution in [0.1, 0.15) is 39.5 Å². The van der Waals surface area contributed by atoms with Gasteiger partial charge in [-0.1, -0.05) is 49.2 Å². The van der Waals surface area contributed by atoms with Crippen LogP contribution in [0, 0.1) is 17.3 Å². The minimum absolute atomic E-state index is 0.492. The van der Waals surface area contributed by atoms with Crippen molar-refractivity contribution in [1.29, 1.82) is 0 Å². The lowest BCUT2D eigenvalue weighted by atomic mass is 9.70. The fourth-order valence-electron chi connectivity index (χ4n) is 5.31. The fraction of sp³-hybridized carbons (Fsp3) is 0.500. The van der Waals surface area contributed by atoms with Crippen LogP contribution in [0.25, 0.3) is 22.4 Å². The van der Waals surface area contributed by atoms with Crippen LogP contribution < -0.4 is 4.90 Å². The second-order valence-corrected chi connectivity index (χ2v) is 9.54. The first-order valence-electron chi connectivity index (χ1n) is 10.4. The van der Waals surface area contributed by atoms with Crippen molar-refractivity contribution >= 4 is 40.2 Å². The van der Waals surface area contributed by atoms with Gasteiger partial charge in [0.1, 0.15) is 11.3 Å². The van der Waals surface area contributed by atoms with E-state index in [2.05, 4.69) is 33.9 Å². The number of nitrogens with one attached hydrogen (secondary N) is 1. The quantitative estimate of drug-likeness (QED) is 0.544. The molecule has 1 saturated carbocycles. The molecule has 5 rings (SSSR count). The van der Waals surface area contributed by atoms with Crippen LogP contribution in [0.15, 0.2) is 24.4 Å². The monoisotopic (exact) mass is 429 g/mol. The zero-order chi connectivity index (χ0) is 20.2. The smallest absolute Gasteiger partial charge is 0.202 e. The molecule has 2 aliphatic rings. The minimum atomic E-state index is 0.492. The van der Waals surface area contributed by atoms with Crippen LogP contribution >= 0.6 is 23.2 Å². The van der Waals surface area contributed by atoms with E-state index >= 15 is 0 Å². The zero-order valence-electron chi connectivity index (χ0n) is 16.8. The van der Waals surface area contributed by atoms with Gasteiger partial charge in [0.2, 0.25) is 5.65 Å². The maximum absolute atomic E-state index is 6.38. The summed E-state index contributed by atoms with van der Waals surface area (Å²) in [5, 5.41) is 8.43. The van der Waals surface area contributed by atoms with E-state index in [1.807, 2.05) is 18.3 Å². The summed E-state index contributed by atoms with van der Waals surface area (Å²) in [5.74, 6) is 2.56. The molecule has 1 aromatic carbocycles. The molecule has 1 spiro atoms. The SMILES string of the molecule is CC1CCC2(CCN(c3cnc4c(-c5cccc(Cl)c5Cl)[nH]nc4n3)CC2)C1C. The molecule has 3 aromatic rings. The van der Waals surface area contributed by atoms with Crippen molar-refractivity contribution in [1.82, 2.24) is 20.2 Å². The summed E-state index contributed by atoms with van der Waals surface area (Å²) in [4.78, 5) is 11.8. The third-order valence-electron chi connectivity index (χ3n) is 7.47. The Bertz CT molecular complexity index is 1050. The largest absolute Gasteiger partial charge is 0.355 e. The summed E-state index contributed by atoms with van der Waals surface area (Å²) in [6.07, 6.45) is 7.08. The molecule has 0 amide bonds. The highest BCUT2D eigenvalue weighted by Crippen LogP contribution is 2.53. The Balaban J connectivity index is 1.40. The molecule has 2 atom stereocenters. The first kappa shape index (κ1) is 19.1. The Labute approximate surface area is 180 Å². The Morgan fingerprint density at radius 3 is 2.66 bits per heavy atom. The molecule has 1 aliphatic heterocycles. The summed E-state index contributed by atoms with van der Waals surface area (Å²) in [7, 11) is 0. The lowest BCUT2D eigenvalue weighted by molar-refractivity contribution is 0.144. The van der Waals surface area contributed by atoms with Crippen molar-refractivity contribution in [2.24, 2.45) is 17.3 Å². The number of halogens is 2. The summed E-state index contributed by atoms with van der Waals surface area (Å²) < 4.78 is 0. The molecule has 152 valence electrons. The number of hydrogen-bond acceptors (Lipinski definition) is 4. The topological polar surface area (TPSA) is 57.7 Å². The molecule has 1 N–H and O–H groups in total. The van der Waals surface area contributed by atoms with Crippen LogP contribution in [-0.2, 0) is 0 Å². The van der Waals surface area contributed by atoms with Gasteiger partial charge in [0.05, 0.1) is 21.9 Å². The van der Waals surface area contributed by atoms with E-state index in [1.54, 1.807) is 6.07 Å². The highest BCUT2D eigenvalue weighted by atomic mass is 35.5. The predicted octanol–water partition coefficient (Wildman–Crippen LogP) is 5.98. The van der Waals surface area contributed by atoms with Gasteiger partial charge in [0.25, 0.3) is 0 Å². The lowest BCUT2D eigenvalue weighted by Crippen LogP contribution is -2.42. The number of rotatable bonds is 2. The number of nitrogens with zero attached hydrogens (tertiary/aromatic N) is 4. The van der Waals surface area contributed by atoms with Gasteiger partial charge in [-0.3, -0.25) is 5.10 Å². The summed E-state index contributed by atoms with van der Waals surface area (Å²) >= 11 is 12.6. The molecule has 1 saturated heterocycles. The van der Waals surface area contributed by atoms with E-state index in [1.165, 1.54) is 25.7 Å². The molecule has 2 aromatic heterocycles. The fourth-order valence-corrected chi connectivity index (χ4v) is 5.70. The van der Waals surface area contributed by atoms with Crippen molar-refractivity contribution in [3.8, 4) is 11.3 Å². The Hall–Kier alpha value is -1.85. The molecular weight excluding hydrogens is 405 g/mol. The first-order chi connectivity index (χ1) is 14.0. The van der Waals surface area contributed by atoms with Gasteiger partial charge < -0.3 is 4.90 Å². The minimum Gasteiger partial charge on any atom is -0.355 e. The second-order valence-electron chi connectivity index (χ2n) is 8.75. The zero-order valence-corrected chi connectivity index (χ0v) is 18.3. The van der Waals surface area contributed by atoms with E-state index in [0.717, 1.165) is 42.0 Å². The maximum Gasteiger partial charge on any atom is 0.202 e. The number of anilines is 1. The van der Waals surface area contributed by atoms with E-state index < -0.39 is 0 Å². The molecule has 2 unspecified atom stereocenters. The standard InChI is InChI=1S/C22H25Cl2N5/c1-13-6-7-22(14(13)2)8-10-29(11-9-22)17-12-25-20-19(27-28-21(20)26-17)15-4-3-5-16(23)18(15)24/h3-5,12-14H,6-11H2,1-2H3,(H,26,27,28). The van der Waals surface area contributed by atoms with Crippen molar-refractivity contribution < 1.29 is 0 Å². The number of hydrogen-bond donors (Lipinski definition) is 1. The van der Waals surface area contributed by atoms with E-state index in [9.17, 15) is 0 Å². The Morgan fingerprint density at radius 2 is 1.93 bits per heavy atom. The molecular formula is C22H25Cl2N5. The van der Waals surface area contributed by atoms with Crippen molar-refractivity contribution in [3.63, 3.8) is 0 Å². The van der Waals surface area contributed by atoms with Crippen molar-refractivity contribution in [2.45, 2.75) is 39.5 Å². The highest BCUT2D eigenvalue weighted by Gasteiger charge is 2.45. The van der Waals surface area contributed by atoms with Gasteiger partial charge in [0.15, 0.2) is 0 Å². The molecule has 29 heavy (non-hydrogen) atoms. The molecule has 0 radical (unpaired) electrons. The Kier molecular flexibility index (Phi) is 4.71. The van der Waals surface area contributed by atoms with Gasteiger partial charge in [-0.25, -0.2) is 9.97 Å². The van der Waals surface area contributed by atoms with Crippen molar-refractivity contribution in [3.05, 3.63) is 34.4 Å². The molecule has 3 heterocycles. The molecule has 2 fully saturated rings. The van der Waals surface area contributed by atoms with Crippen LogP contribution in [0.2, 0.25) is 10.0 Å². The second kappa shape index (κ2) is 7.13. The third-order valence-corrected chi connectivity index (χ3v) is 8.29. The van der Waals surface area contributed by atoms with E-state index in [-0.39, 0.29) is 0 Å². The number of aromatic nitrogens is 4. The first-order valence-corrected chi connectivity index (χ1v) is 11.1. The molecule has 0 bridgehead atoms. The molecule has 1 aliphatic carbocycles. The van der Waals surface area contributed by atoms with Gasteiger partial charge in [-0.2, -0.15) is 5.10 Å². The molecule has 5 nitrogen and oxygen atoms in total.